The largest absolute Gasteiger partial charge is 0.508 e. The van der Waals surface area contributed by atoms with Gasteiger partial charge in [-0.1, -0.05) is 24.3 Å². The van der Waals surface area contributed by atoms with Gasteiger partial charge in [-0.2, -0.15) is 0 Å². The second-order valence-electron chi connectivity index (χ2n) is 5.36. The fourth-order valence-corrected chi connectivity index (χ4v) is 2.41. The van der Waals surface area contributed by atoms with Crippen molar-refractivity contribution in [1.29, 1.82) is 0 Å². The van der Waals surface area contributed by atoms with Crippen LogP contribution in [0, 0.1) is 0 Å². The van der Waals surface area contributed by atoms with E-state index < -0.39 is 0 Å². The van der Waals surface area contributed by atoms with Gasteiger partial charge < -0.3 is 15.7 Å². The average molecular weight is 306 g/mol. The molecule has 0 amide bonds. The van der Waals surface area contributed by atoms with Crippen LogP contribution in [-0.4, -0.2) is 22.1 Å². The molecule has 0 spiro atoms. The maximum absolute atomic E-state index is 9.35. The number of aromatic nitrogens is 2. The van der Waals surface area contributed by atoms with Gasteiger partial charge in [0.25, 0.3) is 0 Å². The van der Waals surface area contributed by atoms with E-state index in [2.05, 4.69) is 27.0 Å². The van der Waals surface area contributed by atoms with Crippen LogP contribution in [-0.2, 0) is 6.54 Å². The highest BCUT2D eigenvalue weighted by Gasteiger charge is 2.06. The zero-order chi connectivity index (χ0) is 16.2. The van der Waals surface area contributed by atoms with E-state index >= 15 is 0 Å². The molecule has 116 valence electrons. The molecule has 3 rings (SSSR count). The third-order valence-electron chi connectivity index (χ3n) is 3.66. The van der Waals surface area contributed by atoms with Gasteiger partial charge in [0.15, 0.2) is 0 Å². The Hall–Kier alpha value is -3.08. The molecule has 3 N–H and O–H groups in total. The van der Waals surface area contributed by atoms with Gasteiger partial charge in [-0.15, -0.1) is 0 Å². The van der Waals surface area contributed by atoms with Crippen molar-refractivity contribution in [2.24, 2.45) is 0 Å². The molecule has 5 nitrogen and oxygen atoms in total. The van der Waals surface area contributed by atoms with Crippen LogP contribution in [0.25, 0.3) is 11.3 Å². The van der Waals surface area contributed by atoms with E-state index in [4.69, 9.17) is 5.73 Å². The van der Waals surface area contributed by atoms with Crippen LogP contribution in [0.1, 0.15) is 5.56 Å². The van der Waals surface area contributed by atoms with Gasteiger partial charge >= 0.3 is 0 Å². The number of nitrogen functional groups attached to an aromatic ring is 1. The van der Waals surface area contributed by atoms with Gasteiger partial charge in [-0.05, 0) is 29.8 Å². The summed E-state index contributed by atoms with van der Waals surface area (Å²) in [7, 11) is 2.01. The van der Waals surface area contributed by atoms with E-state index in [0.717, 1.165) is 17.8 Å². The Labute approximate surface area is 135 Å². The number of phenolic OH excluding ortho intramolecular Hbond substituents is 1. The number of hydrogen-bond donors (Lipinski definition) is 2. The summed E-state index contributed by atoms with van der Waals surface area (Å²) in [5.41, 5.74) is 9.73. The molecule has 0 aliphatic carbocycles. The van der Waals surface area contributed by atoms with Gasteiger partial charge in [0, 0.05) is 37.2 Å². The smallest absolute Gasteiger partial charge is 0.149 e. The summed E-state index contributed by atoms with van der Waals surface area (Å²) in [5, 5.41) is 9.35. The minimum Gasteiger partial charge on any atom is -0.508 e. The van der Waals surface area contributed by atoms with Crippen molar-refractivity contribution in [3.05, 3.63) is 66.5 Å². The first-order valence-corrected chi connectivity index (χ1v) is 7.29. The Morgan fingerprint density at radius 2 is 1.61 bits per heavy atom. The summed E-state index contributed by atoms with van der Waals surface area (Å²) in [4.78, 5) is 10.4. The molecule has 0 aliphatic rings. The molecular weight excluding hydrogens is 288 g/mol. The van der Waals surface area contributed by atoms with Crippen molar-refractivity contribution in [2.75, 3.05) is 17.7 Å². The molecule has 0 unspecified atom stereocenters. The summed E-state index contributed by atoms with van der Waals surface area (Å²) in [5.74, 6) is 0.703. The van der Waals surface area contributed by atoms with Crippen LogP contribution in [0.15, 0.2) is 60.9 Å². The maximum atomic E-state index is 9.35. The Balaban J connectivity index is 1.75. The maximum Gasteiger partial charge on any atom is 0.149 e. The van der Waals surface area contributed by atoms with Crippen LogP contribution in [0.4, 0.5) is 11.5 Å². The first kappa shape index (κ1) is 14.8. The van der Waals surface area contributed by atoms with E-state index in [-0.39, 0.29) is 5.75 Å². The fourth-order valence-electron chi connectivity index (χ4n) is 2.41. The van der Waals surface area contributed by atoms with Crippen LogP contribution in [0.3, 0.4) is 0 Å². The number of hydrogen-bond acceptors (Lipinski definition) is 5. The van der Waals surface area contributed by atoms with Crippen molar-refractivity contribution in [1.82, 2.24) is 9.97 Å². The van der Waals surface area contributed by atoms with Crippen molar-refractivity contribution < 1.29 is 5.11 Å². The van der Waals surface area contributed by atoms with E-state index in [1.165, 1.54) is 5.56 Å². The summed E-state index contributed by atoms with van der Waals surface area (Å²) in [6, 6.07) is 15.3. The second kappa shape index (κ2) is 6.36. The lowest BCUT2D eigenvalue weighted by Crippen LogP contribution is -2.16. The third kappa shape index (κ3) is 3.40. The first-order valence-electron chi connectivity index (χ1n) is 7.29. The van der Waals surface area contributed by atoms with Crippen LogP contribution in [0.2, 0.25) is 0 Å². The number of nitrogens with zero attached hydrogens (tertiary/aromatic N) is 3. The van der Waals surface area contributed by atoms with Crippen LogP contribution >= 0.6 is 0 Å². The summed E-state index contributed by atoms with van der Waals surface area (Å²) >= 11 is 0. The monoisotopic (exact) mass is 306 g/mol. The molecule has 2 aromatic carbocycles. The minimum absolute atomic E-state index is 0.271. The highest BCUT2D eigenvalue weighted by atomic mass is 16.3. The molecule has 3 aromatic rings. The molecule has 5 heteroatoms. The van der Waals surface area contributed by atoms with E-state index in [0.29, 0.717) is 11.5 Å². The molecule has 0 saturated carbocycles. The predicted octanol–water partition coefficient (Wildman–Crippen LogP) is 3.07. The average Bonchev–Trinajstić information content (AvgIpc) is 2.57. The molecule has 0 bridgehead atoms. The van der Waals surface area contributed by atoms with E-state index in [1.807, 2.05) is 31.3 Å². The van der Waals surface area contributed by atoms with E-state index in [1.54, 1.807) is 24.5 Å². The molecule has 1 aromatic heterocycles. The quantitative estimate of drug-likeness (QED) is 0.775. The van der Waals surface area contributed by atoms with Crippen LogP contribution in [0.5, 0.6) is 5.75 Å². The Bertz CT molecular complexity index is 785. The summed E-state index contributed by atoms with van der Waals surface area (Å²) in [6.45, 7) is 0.765. The minimum atomic E-state index is 0.271. The molecule has 0 fully saturated rings. The molecule has 0 radical (unpaired) electrons. The Morgan fingerprint density at radius 3 is 2.26 bits per heavy atom. The van der Waals surface area contributed by atoms with Gasteiger partial charge in [0.05, 0.1) is 0 Å². The first-order chi connectivity index (χ1) is 11.1. The van der Waals surface area contributed by atoms with Gasteiger partial charge in [0.1, 0.15) is 17.3 Å². The highest BCUT2D eigenvalue weighted by Crippen LogP contribution is 2.23. The molecule has 23 heavy (non-hydrogen) atoms. The zero-order valence-corrected chi connectivity index (χ0v) is 12.8. The molecule has 0 atom stereocenters. The lowest BCUT2D eigenvalue weighted by Gasteiger charge is -2.19. The highest BCUT2D eigenvalue weighted by molar-refractivity contribution is 5.69. The van der Waals surface area contributed by atoms with Gasteiger partial charge in [-0.3, -0.25) is 4.98 Å². The fraction of sp³-hybridized carbons (Fsp3) is 0.111. The summed E-state index contributed by atoms with van der Waals surface area (Å²) < 4.78 is 0. The zero-order valence-electron chi connectivity index (χ0n) is 12.8. The standard InChI is InChI=1S/C18H18N4O/c1-22(15-6-8-16(23)9-7-15)12-13-2-4-14(5-3-13)17-18(19)21-11-10-20-17/h2-11,23H,12H2,1H3,(H2,19,21). The number of anilines is 2. The Morgan fingerprint density at radius 1 is 0.957 bits per heavy atom. The molecule has 0 saturated heterocycles. The van der Waals surface area contributed by atoms with Crippen molar-refractivity contribution in [3.63, 3.8) is 0 Å². The van der Waals surface area contributed by atoms with E-state index in [9.17, 15) is 5.11 Å². The van der Waals surface area contributed by atoms with Gasteiger partial charge in [-0.25, -0.2) is 4.98 Å². The molecule has 1 heterocycles. The lowest BCUT2D eigenvalue weighted by atomic mass is 10.1. The SMILES string of the molecule is CN(Cc1ccc(-c2nccnc2N)cc1)c1ccc(O)cc1. The lowest BCUT2D eigenvalue weighted by molar-refractivity contribution is 0.475. The molecular formula is C18H18N4O. The Kier molecular flexibility index (Phi) is 4.10. The number of aromatic hydroxyl groups is 1. The molecule has 0 aliphatic heterocycles. The van der Waals surface area contributed by atoms with Crippen LogP contribution < -0.4 is 10.6 Å². The summed E-state index contributed by atoms with van der Waals surface area (Å²) in [6.07, 6.45) is 3.22. The number of rotatable bonds is 4. The third-order valence-corrected chi connectivity index (χ3v) is 3.66. The van der Waals surface area contributed by atoms with Crippen molar-refractivity contribution >= 4 is 11.5 Å². The number of phenols is 1. The topological polar surface area (TPSA) is 75.3 Å². The van der Waals surface area contributed by atoms with Crippen molar-refractivity contribution in [2.45, 2.75) is 6.54 Å². The number of benzene rings is 2. The number of nitrogens with two attached hydrogens (primary N) is 1. The second-order valence-corrected chi connectivity index (χ2v) is 5.36. The van der Waals surface area contributed by atoms with Gasteiger partial charge in [0.2, 0.25) is 0 Å². The predicted molar refractivity (Wildman–Crippen MR) is 92.1 cm³/mol. The van der Waals surface area contributed by atoms with Crippen molar-refractivity contribution in [3.8, 4) is 17.0 Å². The normalized spacial score (nSPS) is 10.5.